The van der Waals surface area contributed by atoms with Crippen LogP contribution in [0.3, 0.4) is 0 Å². The normalized spacial score (nSPS) is 10.2. The number of carbonyl (C=O) groups is 1. The van der Waals surface area contributed by atoms with Crippen LogP contribution >= 0.6 is 0 Å². The number of hydrogen-bond acceptors (Lipinski definition) is 2. The summed E-state index contributed by atoms with van der Waals surface area (Å²) in [7, 11) is 0. The van der Waals surface area contributed by atoms with Gasteiger partial charge in [0.25, 0.3) is 5.91 Å². The van der Waals surface area contributed by atoms with Gasteiger partial charge in [-0.15, -0.1) is 0 Å². The Morgan fingerprint density at radius 1 is 1.15 bits per heavy atom. The third-order valence-electron chi connectivity index (χ3n) is 3.23. The van der Waals surface area contributed by atoms with E-state index in [2.05, 4.69) is 17.4 Å². The summed E-state index contributed by atoms with van der Waals surface area (Å²) in [6, 6.07) is 15.1. The fourth-order valence-electron chi connectivity index (χ4n) is 2.04. The number of amides is 1. The molecular weight excluding hydrogens is 250 g/mol. The average molecular weight is 269 g/mol. The minimum absolute atomic E-state index is 0.0961. The van der Waals surface area contributed by atoms with Crippen molar-refractivity contribution < 1.29 is 9.90 Å². The predicted octanol–water partition coefficient (Wildman–Crippen LogP) is 3.06. The second-order valence-electron chi connectivity index (χ2n) is 4.85. The fraction of sp³-hybridized carbons (Fsp3) is 0.235. The zero-order chi connectivity index (χ0) is 14.4. The highest BCUT2D eigenvalue weighted by Crippen LogP contribution is 2.16. The lowest BCUT2D eigenvalue weighted by molar-refractivity contribution is 0.0953. The molecule has 0 aliphatic rings. The summed E-state index contributed by atoms with van der Waals surface area (Å²) in [5.41, 5.74) is 2.57. The van der Waals surface area contributed by atoms with Crippen molar-refractivity contribution in [3.8, 4) is 5.75 Å². The standard InChI is InChI=1S/C17H19NO2/c1-13-12-15(9-10-16(13)19)17(20)18-11-5-8-14-6-3-2-4-7-14/h2-4,6-7,9-10,12,19H,5,8,11H2,1H3,(H,18,20). The van der Waals surface area contributed by atoms with E-state index < -0.39 is 0 Å². The second kappa shape index (κ2) is 6.75. The number of nitrogens with one attached hydrogen (secondary N) is 1. The molecule has 0 unspecified atom stereocenters. The van der Waals surface area contributed by atoms with Crippen molar-refractivity contribution in [2.45, 2.75) is 19.8 Å². The number of hydrogen-bond donors (Lipinski definition) is 2. The van der Waals surface area contributed by atoms with Gasteiger partial charge in [0.15, 0.2) is 0 Å². The summed E-state index contributed by atoms with van der Waals surface area (Å²) in [5.74, 6) is 0.117. The quantitative estimate of drug-likeness (QED) is 0.820. The molecule has 0 atom stereocenters. The van der Waals surface area contributed by atoms with Crippen molar-refractivity contribution in [3.63, 3.8) is 0 Å². The van der Waals surface area contributed by atoms with E-state index in [1.165, 1.54) is 5.56 Å². The van der Waals surface area contributed by atoms with Crippen LogP contribution in [0.5, 0.6) is 5.75 Å². The van der Waals surface area contributed by atoms with Crippen molar-refractivity contribution in [1.29, 1.82) is 0 Å². The van der Waals surface area contributed by atoms with Crippen LogP contribution in [0.25, 0.3) is 0 Å². The van der Waals surface area contributed by atoms with E-state index in [-0.39, 0.29) is 11.7 Å². The molecule has 3 heteroatoms. The van der Waals surface area contributed by atoms with Gasteiger partial charge in [-0.2, -0.15) is 0 Å². The lowest BCUT2D eigenvalue weighted by Crippen LogP contribution is -2.24. The summed E-state index contributed by atoms with van der Waals surface area (Å²) >= 11 is 0. The highest BCUT2D eigenvalue weighted by molar-refractivity contribution is 5.94. The van der Waals surface area contributed by atoms with Crippen LogP contribution in [0.4, 0.5) is 0 Å². The summed E-state index contributed by atoms with van der Waals surface area (Å²) in [4.78, 5) is 11.9. The van der Waals surface area contributed by atoms with Gasteiger partial charge >= 0.3 is 0 Å². The van der Waals surface area contributed by atoms with Gasteiger partial charge in [-0.25, -0.2) is 0 Å². The molecule has 2 aromatic carbocycles. The van der Waals surface area contributed by atoms with Crippen molar-refractivity contribution in [3.05, 3.63) is 65.2 Å². The summed E-state index contributed by atoms with van der Waals surface area (Å²) in [6.45, 7) is 2.43. The molecular formula is C17H19NO2. The first-order valence-corrected chi connectivity index (χ1v) is 6.78. The lowest BCUT2D eigenvalue weighted by Gasteiger charge is -2.07. The van der Waals surface area contributed by atoms with E-state index in [0.29, 0.717) is 17.7 Å². The highest BCUT2D eigenvalue weighted by atomic mass is 16.3. The number of rotatable bonds is 5. The van der Waals surface area contributed by atoms with Gasteiger partial charge in [-0.05, 0) is 49.1 Å². The Hall–Kier alpha value is -2.29. The molecule has 0 fully saturated rings. The van der Waals surface area contributed by atoms with E-state index in [0.717, 1.165) is 12.8 Å². The van der Waals surface area contributed by atoms with Crippen LogP contribution in [0, 0.1) is 6.92 Å². The first-order chi connectivity index (χ1) is 9.66. The molecule has 0 spiro atoms. The molecule has 2 N–H and O–H groups in total. The Labute approximate surface area is 119 Å². The van der Waals surface area contributed by atoms with E-state index in [1.807, 2.05) is 18.2 Å². The highest BCUT2D eigenvalue weighted by Gasteiger charge is 2.06. The molecule has 1 amide bonds. The number of carbonyl (C=O) groups excluding carboxylic acids is 1. The zero-order valence-corrected chi connectivity index (χ0v) is 11.6. The van der Waals surface area contributed by atoms with E-state index in [4.69, 9.17) is 0 Å². The summed E-state index contributed by atoms with van der Waals surface area (Å²) < 4.78 is 0. The topological polar surface area (TPSA) is 49.3 Å². The van der Waals surface area contributed by atoms with Gasteiger partial charge in [0.2, 0.25) is 0 Å². The minimum atomic E-state index is -0.0961. The van der Waals surface area contributed by atoms with E-state index >= 15 is 0 Å². The molecule has 0 bridgehead atoms. The SMILES string of the molecule is Cc1cc(C(=O)NCCCc2ccccc2)ccc1O. The smallest absolute Gasteiger partial charge is 0.251 e. The summed E-state index contributed by atoms with van der Waals surface area (Å²) in [6.07, 6.45) is 1.86. The zero-order valence-electron chi connectivity index (χ0n) is 11.6. The fourth-order valence-corrected chi connectivity index (χ4v) is 2.04. The predicted molar refractivity (Wildman–Crippen MR) is 79.9 cm³/mol. The van der Waals surface area contributed by atoms with Gasteiger partial charge in [-0.1, -0.05) is 30.3 Å². The average Bonchev–Trinajstić information content (AvgIpc) is 2.47. The third-order valence-corrected chi connectivity index (χ3v) is 3.23. The Morgan fingerprint density at radius 3 is 2.60 bits per heavy atom. The van der Waals surface area contributed by atoms with Crippen LogP contribution in [0.1, 0.15) is 27.9 Å². The monoisotopic (exact) mass is 269 g/mol. The van der Waals surface area contributed by atoms with Crippen molar-refractivity contribution in [2.24, 2.45) is 0 Å². The van der Waals surface area contributed by atoms with Crippen molar-refractivity contribution in [1.82, 2.24) is 5.32 Å². The molecule has 104 valence electrons. The van der Waals surface area contributed by atoms with Crippen molar-refractivity contribution >= 4 is 5.91 Å². The van der Waals surface area contributed by atoms with E-state index in [9.17, 15) is 9.90 Å². The number of phenols is 1. The van der Waals surface area contributed by atoms with E-state index in [1.54, 1.807) is 25.1 Å². The van der Waals surface area contributed by atoms with Crippen LogP contribution in [-0.4, -0.2) is 17.6 Å². The Kier molecular flexibility index (Phi) is 4.77. The van der Waals surface area contributed by atoms with Gasteiger partial charge in [0, 0.05) is 12.1 Å². The number of phenolic OH excluding ortho intramolecular Hbond substituents is 1. The molecule has 20 heavy (non-hydrogen) atoms. The number of aryl methyl sites for hydroxylation is 2. The molecule has 2 aromatic rings. The summed E-state index contributed by atoms with van der Waals surface area (Å²) in [5, 5.41) is 12.3. The second-order valence-corrected chi connectivity index (χ2v) is 4.85. The van der Waals surface area contributed by atoms with Gasteiger partial charge in [0.05, 0.1) is 0 Å². The minimum Gasteiger partial charge on any atom is -0.508 e. The van der Waals surface area contributed by atoms with Gasteiger partial charge < -0.3 is 10.4 Å². The maximum Gasteiger partial charge on any atom is 0.251 e. The Morgan fingerprint density at radius 2 is 1.90 bits per heavy atom. The van der Waals surface area contributed by atoms with Gasteiger partial charge in [0.1, 0.15) is 5.75 Å². The maximum absolute atomic E-state index is 11.9. The Bertz CT molecular complexity index is 579. The third kappa shape index (κ3) is 3.85. The van der Waals surface area contributed by atoms with Crippen LogP contribution in [-0.2, 0) is 6.42 Å². The molecule has 0 heterocycles. The molecule has 0 aliphatic carbocycles. The number of aromatic hydroxyl groups is 1. The molecule has 0 aromatic heterocycles. The van der Waals surface area contributed by atoms with Crippen LogP contribution in [0.15, 0.2) is 48.5 Å². The first kappa shape index (κ1) is 14.1. The molecule has 0 radical (unpaired) electrons. The first-order valence-electron chi connectivity index (χ1n) is 6.78. The molecule has 0 aliphatic heterocycles. The largest absolute Gasteiger partial charge is 0.508 e. The van der Waals surface area contributed by atoms with Crippen molar-refractivity contribution in [2.75, 3.05) is 6.54 Å². The number of benzene rings is 2. The maximum atomic E-state index is 11.9. The molecule has 2 rings (SSSR count). The lowest BCUT2D eigenvalue weighted by atomic mass is 10.1. The molecule has 3 nitrogen and oxygen atoms in total. The molecule has 0 saturated carbocycles. The van der Waals surface area contributed by atoms with Crippen LogP contribution in [0.2, 0.25) is 0 Å². The van der Waals surface area contributed by atoms with Gasteiger partial charge in [-0.3, -0.25) is 4.79 Å². The van der Waals surface area contributed by atoms with Crippen LogP contribution < -0.4 is 5.32 Å². The Balaban J connectivity index is 1.79. The molecule has 0 saturated heterocycles.